The first-order chi connectivity index (χ1) is 8.29. The molecular weight excluding hydrogens is 226 g/mol. The first-order valence-corrected chi connectivity index (χ1v) is 7.02. The summed E-state index contributed by atoms with van der Waals surface area (Å²) in [4.78, 5) is 1.41. The predicted molar refractivity (Wildman–Crippen MR) is 74.6 cm³/mol. The van der Waals surface area contributed by atoms with E-state index < -0.39 is 0 Å². The zero-order chi connectivity index (χ0) is 11.8. The molecule has 1 N–H and O–H groups in total. The summed E-state index contributed by atoms with van der Waals surface area (Å²) in [5.41, 5.74) is 5.78. The number of hydrogen-bond acceptors (Lipinski definition) is 2. The largest absolute Gasteiger partial charge is 0.313 e. The van der Waals surface area contributed by atoms with E-state index in [-0.39, 0.29) is 0 Å². The molecule has 1 unspecified atom stereocenters. The fourth-order valence-corrected chi connectivity index (χ4v) is 3.49. The molecule has 3 rings (SSSR count). The van der Waals surface area contributed by atoms with Crippen molar-refractivity contribution in [2.24, 2.45) is 0 Å². The summed E-state index contributed by atoms with van der Waals surface area (Å²) >= 11 is 1.83. The lowest BCUT2D eigenvalue weighted by Gasteiger charge is -2.10. The van der Waals surface area contributed by atoms with Crippen LogP contribution in [0.15, 0.2) is 29.6 Å². The van der Waals surface area contributed by atoms with E-state index in [1.165, 1.54) is 40.0 Å². The Balaban J connectivity index is 2.03. The van der Waals surface area contributed by atoms with E-state index in [4.69, 9.17) is 0 Å². The highest BCUT2D eigenvalue weighted by molar-refractivity contribution is 7.10. The molecule has 0 spiro atoms. The Morgan fingerprint density at radius 2 is 2.18 bits per heavy atom. The topological polar surface area (TPSA) is 12.0 Å². The molecule has 0 aliphatic heterocycles. The fraction of sp³-hybridized carbons (Fsp3) is 0.333. The summed E-state index contributed by atoms with van der Waals surface area (Å²) in [5.74, 6) is 0. The van der Waals surface area contributed by atoms with E-state index in [0.29, 0.717) is 6.04 Å². The van der Waals surface area contributed by atoms with Crippen LogP contribution in [0, 0.1) is 6.92 Å². The van der Waals surface area contributed by atoms with Crippen LogP contribution >= 0.6 is 11.3 Å². The van der Waals surface area contributed by atoms with Crippen molar-refractivity contribution in [2.75, 3.05) is 7.05 Å². The second kappa shape index (κ2) is 4.28. The molecule has 0 radical (unpaired) electrons. The molecule has 0 amide bonds. The molecule has 2 aromatic rings. The maximum absolute atomic E-state index is 3.39. The highest BCUT2D eigenvalue weighted by atomic mass is 32.1. The Bertz CT molecular complexity index is 542. The lowest BCUT2D eigenvalue weighted by molar-refractivity contribution is 0.590. The molecule has 1 aliphatic rings. The van der Waals surface area contributed by atoms with Gasteiger partial charge in [-0.05, 0) is 60.5 Å². The molecule has 17 heavy (non-hydrogen) atoms. The van der Waals surface area contributed by atoms with E-state index in [0.717, 1.165) is 0 Å². The van der Waals surface area contributed by atoms with Gasteiger partial charge in [0.15, 0.2) is 0 Å². The van der Waals surface area contributed by atoms with Crippen molar-refractivity contribution in [2.45, 2.75) is 25.8 Å². The van der Waals surface area contributed by atoms with Gasteiger partial charge in [-0.2, -0.15) is 0 Å². The summed E-state index contributed by atoms with van der Waals surface area (Å²) in [7, 11) is 2.05. The van der Waals surface area contributed by atoms with Crippen LogP contribution in [0.4, 0.5) is 0 Å². The van der Waals surface area contributed by atoms with Gasteiger partial charge in [-0.25, -0.2) is 0 Å². The first kappa shape index (κ1) is 11.0. The number of aryl methyl sites for hydroxylation is 2. The second-order valence-electron chi connectivity index (χ2n) is 4.68. The number of rotatable bonds is 2. The summed E-state index contributed by atoms with van der Waals surface area (Å²) in [5, 5.41) is 5.56. The Morgan fingerprint density at radius 1 is 1.29 bits per heavy atom. The van der Waals surface area contributed by atoms with Crippen LogP contribution in [-0.4, -0.2) is 7.05 Å². The molecule has 2 heteroatoms. The van der Waals surface area contributed by atoms with Crippen molar-refractivity contribution in [3.63, 3.8) is 0 Å². The van der Waals surface area contributed by atoms with E-state index in [1.54, 1.807) is 0 Å². The molecule has 0 fully saturated rings. The minimum Gasteiger partial charge on any atom is -0.313 e. The lowest BCUT2D eigenvalue weighted by Crippen LogP contribution is -2.12. The van der Waals surface area contributed by atoms with Crippen molar-refractivity contribution in [1.29, 1.82) is 0 Å². The van der Waals surface area contributed by atoms with Gasteiger partial charge >= 0.3 is 0 Å². The van der Waals surface area contributed by atoms with Gasteiger partial charge in [-0.15, -0.1) is 11.3 Å². The molecule has 0 saturated carbocycles. The maximum atomic E-state index is 3.39. The quantitative estimate of drug-likeness (QED) is 0.842. The molecule has 1 nitrogen and oxygen atoms in total. The smallest absolute Gasteiger partial charge is 0.0323 e. The summed E-state index contributed by atoms with van der Waals surface area (Å²) in [6.07, 6.45) is 2.44. The molecule has 88 valence electrons. The predicted octanol–water partition coefficient (Wildman–Crippen LogP) is 3.93. The zero-order valence-electron chi connectivity index (χ0n) is 10.3. The Labute approximate surface area is 106 Å². The molecule has 1 aromatic carbocycles. The highest BCUT2D eigenvalue weighted by Gasteiger charge is 2.21. The minimum atomic E-state index is 0.558. The van der Waals surface area contributed by atoms with Crippen LogP contribution in [-0.2, 0) is 6.42 Å². The number of fused-ring (bicyclic) bond motifs is 1. The fourth-order valence-electron chi connectivity index (χ4n) is 2.77. The van der Waals surface area contributed by atoms with Gasteiger partial charge in [-0.3, -0.25) is 0 Å². The van der Waals surface area contributed by atoms with Crippen LogP contribution in [0.25, 0.3) is 11.1 Å². The van der Waals surface area contributed by atoms with E-state index in [2.05, 4.69) is 48.9 Å². The SMILES string of the molecule is CNC1CCc2cc(-c3ccsc3C)ccc21. The number of thiophene rings is 1. The van der Waals surface area contributed by atoms with Gasteiger partial charge in [0.05, 0.1) is 0 Å². The van der Waals surface area contributed by atoms with Crippen LogP contribution in [0.5, 0.6) is 0 Å². The zero-order valence-corrected chi connectivity index (χ0v) is 11.1. The van der Waals surface area contributed by atoms with Crippen molar-refractivity contribution < 1.29 is 0 Å². The van der Waals surface area contributed by atoms with Gasteiger partial charge in [0, 0.05) is 10.9 Å². The van der Waals surface area contributed by atoms with E-state index in [9.17, 15) is 0 Å². The van der Waals surface area contributed by atoms with Crippen molar-refractivity contribution in [1.82, 2.24) is 5.32 Å². The molecule has 1 heterocycles. The van der Waals surface area contributed by atoms with E-state index in [1.807, 2.05) is 11.3 Å². The van der Waals surface area contributed by atoms with Crippen LogP contribution < -0.4 is 5.32 Å². The van der Waals surface area contributed by atoms with Gasteiger partial charge in [-0.1, -0.05) is 18.2 Å². The van der Waals surface area contributed by atoms with Gasteiger partial charge in [0.1, 0.15) is 0 Å². The van der Waals surface area contributed by atoms with E-state index >= 15 is 0 Å². The van der Waals surface area contributed by atoms with Gasteiger partial charge < -0.3 is 5.32 Å². The molecule has 0 bridgehead atoms. The number of nitrogens with one attached hydrogen (secondary N) is 1. The maximum Gasteiger partial charge on any atom is 0.0323 e. The number of hydrogen-bond donors (Lipinski definition) is 1. The molecule has 1 aliphatic carbocycles. The minimum absolute atomic E-state index is 0.558. The van der Waals surface area contributed by atoms with Crippen molar-refractivity contribution in [3.8, 4) is 11.1 Å². The summed E-state index contributed by atoms with van der Waals surface area (Å²) < 4.78 is 0. The Morgan fingerprint density at radius 3 is 2.88 bits per heavy atom. The summed E-state index contributed by atoms with van der Waals surface area (Å²) in [6.45, 7) is 2.20. The normalized spacial score (nSPS) is 18.4. The van der Waals surface area contributed by atoms with Crippen LogP contribution in [0.3, 0.4) is 0 Å². The monoisotopic (exact) mass is 243 g/mol. The van der Waals surface area contributed by atoms with Gasteiger partial charge in [0.25, 0.3) is 0 Å². The average Bonchev–Trinajstić information content (AvgIpc) is 2.93. The summed E-state index contributed by atoms with van der Waals surface area (Å²) in [6, 6.07) is 9.73. The third-order valence-electron chi connectivity index (χ3n) is 3.74. The van der Waals surface area contributed by atoms with Crippen LogP contribution in [0.2, 0.25) is 0 Å². The molecule has 0 saturated heterocycles. The van der Waals surface area contributed by atoms with Crippen molar-refractivity contribution >= 4 is 11.3 Å². The average molecular weight is 243 g/mol. The third-order valence-corrected chi connectivity index (χ3v) is 4.58. The number of benzene rings is 1. The van der Waals surface area contributed by atoms with Crippen molar-refractivity contribution in [3.05, 3.63) is 45.6 Å². The molecule has 1 aromatic heterocycles. The van der Waals surface area contributed by atoms with Crippen LogP contribution in [0.1, 0.15) is 28.5 Å². The molecular formula is C15H17NS. The van der Waals surface area contributed by atoms with Gasteiger partial charge in [0.2, 0.25) is 0 Å². The highest BCUT2D eigenvalue weighted by Crippen LogP contribution is 2.35. The third kappa shape index (κ3) is 1.81. The lowest BCUT2D eigenvalue weighted by atomic mass is 10.0. The Hall–Kier alpha value is -1.12. The second-order valence-corrected chi connectivity index (χ2v) is 5.80. The molecule has 1 atom stereocenters. The Kier molecular flexibility index (Phi) is 2.77. The first-order valence-electron chi connectivity index (χ1n) is 6.14. The standard InChI is InChI=1S/C15H17NS/c1-10-13(7-8-17-10)11-3-5-14-12(9-11)4-6-15(14)16-2/h3,5,7-9,15-16H,4,6H2,1-2H3.